The number of hydrogen-bond acceptors (Lipinski definition) is 3. The molecule has 0 aliphatic heterocycles. The molecule has 0 aromatic rings. The minimum absolute atomic E-state index is 0.00255. The first-order valence-corrected chi connectivity index (χ1v) is 6.69. The van der Waals surface area contributed by atoms with Gasteiger partial charge in [-0.2, -0.15) is 0 Å². The first-order valence-electron chi connectivity index (χ1n) is 6.69. The summed E-state index contributed by atoms with van der Waals surface area (Å²) in [5.41, 5.74) is 5.42. The van der Waals surface area contributed by atoms with Crippen LogP contribution in [0.4, 0.5) is 0 Å². The van der Waals surface area contributed by atoms with Gasteiger partial charge in [-0.05, 0) is 38.5 Å². The van der Waals surface area contributed by atoms with E-state index in [4.69, 9.17) is 10.8 Å². The van der Waals surface area contributed by atoms with Gasteiger partial charge in [0.25, 0.3) is 0 Å². The maximum Gasteiger partial charge on any atom is 0.242 e. The SMILES string of the molecule is CCC(CC)N(CCO)C(=O)C(C)(N)C1CC1. The number of amides is 1. The van der Waals surface area contributed by atoms with E-state index in [1.54, 1.807) is 4.90 Å². The minimum Gasteiger partial charge on any atom is -0.395 e. The third-order valence-electron chi connectivity index (χ3n) is 3.87. The number of aliphatic hydroxyl groups excluding tert-OH is 1. The molecule has 100 valence electrons. The Labute approximate surface area is 104 Å². The average Bonchev–Trinajstić information content (AvgIpc) is 3.12. The Morgan fingerprint density at radius 1 is 1.47 bits per heavy atom. The van der Waals surface area contributed by atoms with E-state index in [2.05, 4.69) is 13.8 Å². The summed E-state index contributed by atoms with van der Waals surface area (Å²) in [7, 11) is 0. The van der Waals surface area contributed by atoms with Crippen molar-refractivity contribution in [2.75, 3.05) is 13.2 Å². The fourth-order valence-corrected chi connectivity index (χ4v) is 2.45. The molecule has 1 aliphatic rings. The summed E-state index contributed by atoms with van der Waals surface area (Å²) >= 11 is 0. The molecule has 3 N–H and O–H groups in total. The van der Waals surface area contributed by atoms with Crippen LogP contribution in [-0.2, 0) is 4.79 Å². The molecule has 1 amide bonds. The summed E-state index contributed by atoms with van der Waals surface area (Å²) in [6.45, 7) is 6.36. The Bertz CT molecular complexity index is 258. The average molecular weight is 242 g/mol. The van der Waals surface area contributed by atoms with Gasteiger partial charge in [0.1, 0.15) is 0 Å². The quantitative estimate of drug-likeness (QED) is 0.703. The van der Waals surface area contributed by atoms with Gasteiger partial charge < -0.3 is 15.7 Å². The molecule has 1 unspecified atom stereocenters. The fourth-order valence-electron chi connectivity index (χ4n) is 2.45. The lowest BCUT2D eigenvalue weighted by atomic mass is 9.94. The number of hydrogen-bond donors (Lipinski definition) is 2. The van der Waals surface area contributed by atoms with Crippen LogP contribution in [0.5, 0.6) is 0 Å². The molecule has 0 aromatic heterocycles. The largest absolute Gasteiger partial charge is 0.395 e. The second-order valence-corrected chi connectivity index (χ2v) is 5.25. The molecule has 0 radical (unpaired) electrons. The highest BCUT2D eigenvalue weighted by molar-refractivity contribution is 5.86. The van der Waals surface area contributed by atoms with Crippen molar-refractivity contribution >= 4 is 5.91 Å². The lowest BCUT2D eigenvalue weighted by Gasteiger charge is -2.36. The van der Waals surface area contributed by atoms with Crippen LogP contribution in [0.25, 0.3) is 0 Å². The Balaban J connectivity index is 2.78. The highest BCUT2D eigenvalue weighted by Gasteiger charge is 2.46. The van der Waals surface area contributed by atoms with Crippen molar-refractivity contribution in [2.24, 2.45) is 11.7 Å². The van der Waals surface area contributed by atoms with Gasteiger partial charge in [0.15, 0.2) is 0 Å². The fraction of sp³-hybridized carbons (Fsp3) is 0.923. The van der Waals surface area contributed by atoms with Crippen LogP contribution in [0.2, 0.25) is 0 Å². The lowest BCUT2D eigenvalue weighted by molar-refractivity contribution is -0.140. The summed E-state index contributed by atoms with van der Waals surface area (Å²) < 4.78 is 0. The van der Waals surface area contributed by atoms with E-state index in [1.165, 1.54) is 0 Å². The van der Waals surface area contributed by atoms with Gasteiger partial charge in [-0.1, -0.05) is 13.8 Å². The zero-order valence-corrected chi connectivity index (χ0v) is 11.3. The first-order chi connectivity index (χ1) is 7.98. The highest BCUT2D eigenvalue weighted by atomic mass is 16.3. The normalized spacial score (nSPS) is 19.2. The van der Waals surface area contributed by atoms with Crippen molar-refractivity contribution in [1.29, 1.82) is 0 Å². The van der Waals surface area contributed by atoms with E-state index in [1.807, 2.05) is 6.92 Å². The van der Waals surface area contributed by atoms with Crippen LogP contribution < -0.4 is 5.73 Å². The molecule has 1 rings (SSSR count). The number of carbonyl (C=O) groups is 1. The molecule has 1 aliphatic carbocycles. The summed E-state index contributed by atoms with van der Waals surface area (Å²) in [6, 6.07) is 0.191. The van der Waals surface area contributed by atoms with E-state index < -0.39 is 5.54 Å². The predicted molar refractivity (Wildman–Crippen MR) is 68.5 cm³/mol. The summed E-state index contributed by atoms with van der Waals surface area (Å²) in [6.07, 6.45) is 3.91. The second-order valence-electron chi connectivity index (χ2n) is 5.25. The highest BCUT2D eigenvalue weighted by Crippen LogP contribution is 2.39. The van der Waals surface area contributed by atoms with Gasteiger partial charge in [-0.15, -0.1) is 0 Å². The molecule has 1 fully saturated rings. The van der Waals surface area contributed by atoms with Crippen molar-refractivity contribution < 1.29 is 9.90 Å². The number of nitrogens with two attached hydrogens (primary N) is 1. The van der Waals surface area contributed by atoms with E-state index in [-0.39, 0.29) is 18.6 Å². The maximum absolute atomic E-state index is 12.5. The molecule has 4 heteroatoms. The van der Waals surface area contributed by atoms with Gasteiger partial charge in [0.05, 0.1) is 12.1 Å². The lowest BCUT2D eigenvalue weighted by Crippen LogP contribution is -2.57. The van der Waals surface area contributed by atoms with Crippen molar-refractivity contribution in [3.63, 3.8) is 0 Å². The molecule has 0 aromatic carbocycles. The Morgan fingerprint density at radius 2 is 2.00 bits per heavy atom. The zero-order chi connectivity index (χ0) is 13.1. The smallest absolute Gasteiger partial charge is 0.242 e. The zero-order valence-electron chi connectivity index (χ0n) is 11.3. The molecule has 4 nitrogen and oxygen atoms in total. The second kappa shape index (κ2) is 5.83. The van der Waals surface area contributed by atoms with Crippen LogP contribution in [0, 0.1) is 5.92 Å². The third-order valence-corrected chi connectivity index (χ3v) is 3.87. The number of aliphatic hydroxyl groups is 1. The van der Waals surface area contributed by atoms with Crippen molar-refractivity contribution in [1.82, 2.24) is 4.90 Å². The Morgan fingerprint density at radius 3 is 2.35 bits per heavy atom. The van der Waals surface area contributed by atoms with Crippen LogP contribution >= 0.6 is 0 Å². The van der Waals surface area contributed by atoms with Crippen LogP contribution in [0.1, 0.15) is 46.5 Å². The Hall–Kier alpha value is -0.610. The van der Waals surface area contributed by atoms with E-state index in [0.717, 1.165) is 25.7 Å². The first kappa shape index (κ1) is 14.5. The van der Waals surface area contributed by atoms with Crippen molar-refractivity contribution in [2.45, 2.75) is 58.0 Å². The molecule has 1 saturated carbocycles. The minimum atomic E-state index is -0.752. The Kier molecular flexibility index (Phi) is 4.95. The third kappa shape index (κ3) is 3.19. The van der Waals surface area contributed by atoms with Crippen LogP contribution in [0.3, 0.4) is 0 Å². The predicted octanol–water partition coefficient (Wildman–Crippen LogP) is 1.12. The van der Waals surface area contributed by atoms with E-state index >= 15 is 0 Å². The summed E-state index contributed by atoms with van der Waals surface area (Å²) in [4.78, 5) is 14.3. The van der Waals surface area contributed by atoms with E-state index in [0.29, 0.717) is 12.5 Å². The van der Waals surface area contributed by atoms with Gasteiger partial charge in [-0.25, -0.2) is 0 Å². The van der Waals surface area contributed by atoms with Crippen molar-refractivity contribution in [3.8, 4) is 0 Å². The van der Waals surface area contributed by atoms with Gasteiger partial charge >= 0.3 is 0 Å². The van der Waals surface area contributed by atoms with Gasteiger partial charge in [-0.3, -0.25) is 4.79 Å². The summed E-state index contributed by atoms with van der Waals surface area (Å²) in [5.74, 6) is 0.327. The van der Waals surface area contributed by atoms with Crippen LogP contribution in [-0.4, -0.2) is 40.6 Å². The number of nitrogens with zero attached hydrogens (tertiary/aromatic N) is 1. The molecule has 0 bridgehead atoms. The molecule has 0 heterocycles. The molecule has 0 spiro atoms. The molecular formula is C13H26N2O2. The molecule has 17 heavy (non-hydrogen) atoms. The van der Waals surface area contributed by atoms with Gasteiger partial charge in [0, 0.05) is 12.6 Å². The maximum atomic E-state index is 12.5. The van der Waals surface area contributed by atoms with Crippen LogP contribution in [0.15, 0.2) is 0 Å². The number of rotatable bonds is 7. The molecular weight excluding hydrogens is 216 g/mol. The van der Waals surface area contributed by atoms with E-state index in [9.17, 15) is 4.79 Å². The van der Waals surface area contributed by atoms with Crippen molar-refractivity contribution in [3.05, 3.63) is 0 Å². The number of carbonyl (C=O) groups excluding carboxylic acids is 1. The summed E-state index contributed by atoms with van der Waals surface area (Å²) in [5, 5.41) is 9.11. The van der Waals surface area contributed by atoms with Gasteiger partial charge in [0.2, 0.25) is 5.91 Å². The molecule has 0 saturated heterocycles. The monoisotopic (exact) mass is 242 g/mol. The standard InChI is InChI=1S/C13H26N2O2/c1-4-11(5-2)15(8-9-16)12(17)13(3,14)10-6-7-10/h10-11,16H,4-9,14H2,1-3H3. The topological polar surface area (TPSA) is 66.6 Å². The molecule has 1 atom stereocenters.